The Morgan fingerprint density at radius 3 is 2.44 bits per heavy atom. The monoisotopic (exact) mass is 298 g/mol. The van der Waals surface area contributed by atoms with Gasteiger partial charge in [0.05, 0.1) is 21.4 Å². The van der Waals surface area contributed by atoms with Crippen molar-refractivity contribution in [3.63, 3.8) is 0 Å². The first-order chi connectivity index (χ1) is 7.43. The smallest absolute Gasteiger partial charge is 0.292 e. The molecule has 0 radical (unpaired) electrons. The van der Waals surface area contributed by atoms with E-state index in [1.807, 2.05) is 0 Å². The van der Waals surface area contributed by atoms with Crippen molar-refractivity contribution in [2.75, 3.05) is 7.05 Å². The molecule has 7 heteroatoms. The van der Waals surface area contributed by atoms with Gasteiger partial charge in [0.25, 0.3) is 0 Å². The first-order valence-corrected chi connectivity index (χ1v) is 5.54. The fourth-order valence-corrected chi connectivity index (χ4v) is 1.49. The number of benzene rings is 1. The van der Waals surface area contributed by atoms with Crippen molar-refractivity contribution in [3.8, 4) is 0 Å². The number of hydrogen-bond acceptors (Lipinski definition) is 2. The third-order valence-electron chi connectivity index (χ3n) is 1.66. The molecule has 16 heavy (non-hydrogen) atoms. The Kier molecular flexibility index (Phi) is 4.87. The quantitative estimate of drug-likeness (QED) is 0.258. The summed E-state index contributed by atoms with van der Waals surface area (Å²) in [6, 6.07) is 3.12. The molecule has 0 spiro atoms. The predicted molar refractivity (Wildman–Crippen MR) is 68.6 cm³/mol. The largest absolute Gasteiger partial charge is 0.321 e. The summed E-state index contributed by atoms with van der Waals surface area (Å²) in [5.41, 5.74) is 0.292. The average Bonchev–Trinajstić information content (AvgIpc) is 2.23. The van der Waals surface area contributed by atoms with Crippen molar-refractivity contribution in [1.29, 1.82) is 0 Å². The van der Waals surface area contributed by atoms with Crippen molar-refractivity contribution in [2.24, 2.45) is 4.99 Å². The highest BCUT2D eigenvalue weighted by Gasteiger charge is 2.08. The zero-order valence-corrected chi connectivity index (χ0v) is 11.1. The number of nitrogens with zero attached hydrogens (tertiary/aromatic N) is 2. The number of amides is 1. The summed E-state index contributed by atoms with van der Waals surface area (Å²) >= 11 is 22.8. The lowest BCUT2D eigenvalue weighted by Gasteiger charge is -2.06. The summed E-state index contributed by atoms with van der Waals surface area (Å²) in [5, 5.41) is 0.220. The van der Waals surface area contributed by atoms with Gasteiger partial charge < -0.3 is 0 Å². The van der Waals surface area contributed by atoms with Gasteiger partial charge in [-0.3, -0.25) is 9.69 Å². The van der Waals surface area contributed by atoms with E-state index in [1.54, 1.807) is 12.1 Å². The molecule has 0 saturated carbocycles. The molecule has 0 heterocycles. The van der Waals surface area contributed by atoms with E-state index in [4.69, 9.17) is 46.4 Å². The van der Waals surface area contributed by atoms with Crippen LogP contribution in [0.2, 0.25) is 15.1 Å². The number of halogens is 4. The molecule has 0 bridgehead atoms. The highest BCUT2D eigenvalue weighted by molar-refractivity contribution is 6.63. The van der Waals surface area contributed by atoms with Crippen LogP contribution >= 0.6 is 46.4 Å². The summed E-state index contributed by atoms with van der Waals surface area (Å²) < 4.78 is 0. The summed E-state index contributed by atoms with van der Waals surface area (Å²) in [6.07, 6.45) is 1.21. The van der Waals surface area contributed by atoms with Crippen LogP contribution in [0.15, 0.2) is 17.1 Å². The van der Waals surface area contributed by atoms with Crippen LogP contribution in [0.1, 0.15) is 0 Å². The summed E-state index contributed by atoms with van der Waals surface area (Å²) in [7, 11) is 1.45. The maximum absolute atomic E-state index is 10.7. The second-order valence-corrected chi connectivity index (χ2v) is 4.32. The molecule has 0 aliphatic heterocycles. The molecule has 1 aromatic carbocycles. The van der Waals surface area contributed by atoms with Crippen LogP contribution in [0, 0.1) is 0 Å². The molecule has 0 atom stereocenters. The Bertz CT molecular complexity index is 447. The molecular weight excluding hydrogens is 294 g/mol. The second-order valence-electron chi connectivity index (χ2n) is 2.80. The lowest BCUT2D eigenvalue weighted by atomic mass is 10.3. The zero-order valence-electron chi connectivity index (χ0n) is 8.05. The lowest BCUT2D eigenvalue weighted by molar-refractivity contribution is 0.248. The minimum atomic E-state index is -0.668. The van der Waals surface area contributed by atoms with Crippen LogP contribution < -0.4 is 0 Å². The minimum Gasteiger partial charge on any atom is -0.292 e. The highest BCUT2D eigenvalue weighted by atomic mass is 35.5. The number of hydrogen-bond donors (Lipinski definition) is 0. The number of carbonyl (C=O) groups is 1. The van der Waals surface area contributed by atoms with E-state index in [9.17, 15) is 4.79 Å². The molecule has 3 nitrogen and oxygen atoms in total. The van der Waals surface area contributed by atoms with Crippen molar-refractivity contribution in [2.45, 2.75) is 0 Å². The molecule has 86 valence electrons. The molecule has 0 aliphatic rings. The van der Waals surface area contributed by atoms with Crippen molar-refractivity contribution in [3.05, 3.63) is 27.2 Å². The van der Waals surface area contributed by atoms with E-state index in [2.05, 4.69) is 4.99 Å². The van der Waals surface area contributed by atoms with Gasteiger partial charge in [-0.25, -0.2) is 4.99 Å². The summed E-state index contributed by atoms with van der Waals surface area (Å²) in [4.78, 5) is 15.7. The normalized spacial score (nSPS) is 10.8. The van der Waals surface area contributed by atoms with Gasteiger partial charge in [-0.05, 0) is 23.7 Å². The van der Waals surface area contributed by atoms with Crippen LogP contribution in [0.4, 0.5) is 10.5 Å². The number of rotatable bonds is 2. The maximum atomic E-state index is 10.7. The van der Waals surface area contributed by atoms with Gasteiger partial charge in [-0.2, -0.15) is 0 Å². The van der Waals surface area contributed by atoms with Crippen molar-refractivity contribution < 1.29 is 4.79 Å². The first kappa shape index (κ1) is 13.6. The van der Waals surface area contributed by atoms with Gasteiger partial charge in [0.1, 0.15) is 5.69 Å². The molecule has 1 amide bonds. The van der Waals surface area contributed by atoms with Gasteiger partial charge in [0.15, 0.2) is 0 Å². The highest BCUT2D eigenvalue weighted by Crippen LogP contribution is 2.37. The van der Waals surface area contributed by atoms with Crippen LogP contribution in [-0.2, 0) is 0 Å². The SMILES string of the molecule is CN(C=Nc1c(Cl)ccc(Cl)c1Cl)C(=O)Cl. The van der Waals surface area contributed by atoms with Crippen LogP contribution in [0.5, 0.6) is 0 Å². The van der Waals surface area contributed by atoms with E-state index in [1.165, 1.54) is 13.4 Å². The lowest BCUT2D eigenvalue weighted by Crippen LogP contribution is -2.18. The summed E-state index contributed by atoms with van der Waals surface area (Å²) in [5.74, 6) is 0. The Morgan fingerprint density at radius 2 is 1.88 bits per heavy atom. The minimum absolute atomic E-state index is 0.223. The zero-order chi connectivity index (χ0) is 12.3. The van der Waals surface area contributed by atoms with E-state index in [-0.39, 0.29) is 5.02 Å². The molecular formula is C9H6Cl4N2O. The Hall–Kier alpha value is -0.480. The van der Waals surface area contributed by atoms with E-state index >= 15 is 0 Å². The van der Waals surface area contributed by atoms with E-state index in [0.29, 0.717) is 15.7 Å². The van der Waals surface area contributed by atoms with Gasteiger partial charge in [0.2, 0.25) is 0 Å². The van der Waals surface area contributed by atoms with Gasteiger partial charge in [-0.15, -0.1) is 0 Å². The topological polar surface area (TPSA) is 32.7 Å². The third-order valence-corrected chi connectivity index (χ3v) is 3.02. The standard InChI is InChI=1S/C9H6Cl4N2O/c1-15(9(13)16)4-14-8-6(11)3-2-5(10)7(8)12/h2-4H,1H3. The summed E-state index contributed by atoms with van der Waals surface area (Å²) in [6.45, 7) is 0. The fraction of sp³-hybridized carbons (Fsp3) is 0.111. The van der Waals surface area contributed by atoms with Gasteiger partial charge in [0, 0.05) is 7.05 Å². The first-order valence-electron chi connectivity index (χ1n) is 4.03. The molecule has 0 aliphatic carbocycles. The molecule has 1 aromatic rings. The molecule has 1 rings (SSSR count). The number of aliphatic imine (C=N–C) groups is 1. The van der Waals surface area contributed by atoms with Crippen LogP contribution in [0.25, 0.3) is 0 Å². The van der Waals surface area contributed by atoms with Crippen molar-refractivity contribution in [1.82, 2.24) is 4.90 Å². The van der Waals surface area contributed by atoms with Gasteiger partial charge >= 0.3 is 5.37 Å². The molecule has 0 fully saturated rings. The average molecular weight is 300 g/mol. The van der Waals surface area contributed by atoms with Gasteiger partial charge in [-0.1, -0.05) is 34.8 Å². The van der Waals surface area contributed by atoms with Crippen LogP contribution in [0.3, 0.4) is 0 Å². The Labute approximate surface area is 113 Å². The maximum Gasteiger partial charge on any atom is 0.321 e. The van der Waals surface area contributed by atoms with E-state index in [0.717, 1.165) is 4.90 Å². The Morgan fingerprint density at radius 1 is 1.31 bits per heavy atom. The molecule has 0 N–H and O–H groups in total. The van der Waals surface area contributed by atoms with Crippen LogP contribution in [-0.4, -0.2) is 23.7 Å². The number of carbonyl (C=O) groups excluding carboxylic acids is 1. The third kappa shape index (κ3) is 3.25. The fourth-order valence-electron chi connectivity index (χ4n) is 0.824. The molecule has 0 unspecified atom stereocenters. The second kappa shape index (κ2) is 5.73. The Balaban J connectivity index is 3.06. The molecule has 0 aromatic heterocycles. The van der Waals surface area contributed by atoms with E-state index < -0.39 is 5.37 Å². The van der Waals surface area contributed by atoms with Crippen molar-refractivity contribution >= 4 is 63.8 Å². The molecule has 0 saturated heterocycles. The predicted octanol–water partition coefficient (Wildman–Crippen LogP) is 4.60.